The lowest BCUT2D eigenvalue weighted by atomic mass is 10.0. The summed E-state index contributed by atoms with van der Waals surface area (Å²) in [5, 5.41) is 6.42. The van der Waals surface area contributed by atoms with Gasteiger partial charge in [-0.15, -0.1) is 0 Å². The molecule has 1 amide bonds. The summed E-state index contributed by atoms with van der Waals surface area (Å²) in [5.41, 5.74) is 7.63. The second-order valence-corrected chi connectivity index (χ2v) is 7.35. The summed E-state index contributed by atoms with van der Waals surface area (Å²) in [6.07, 6.45) is 2.40. The van der Waals surface area contributed by atoms with Crippen LogP contribution in [0.3, 0.4) is 0 Å². The Morgan fingerprint density at radius 2 is 2.15 bits per heavy atom. The number of amides is 1. The van der Waals surface area contributed by atoms with Gasteiger partial charge >= 0.3 is 6.09 Å². The van der Waals surface area contributed by atoms with E-state index in [1.165, 1.54) is 29.7 Å². The van der Waals surface area contributed by atoms with E-state index < -0.39 is 17.5 Å². The molecule has 2 rings (SSSR count). The Labute approximate surface area is 156 Å². The van der Waals surface area contributed by atoms with Gasteiger partial charge in [0.05, 0.1) is 5.69 Å². The minimum absolute atomic E-state index is 0.138. The molecular formula is C19H22FN3O2S. The molecule has 0 atom stereocenters. The van der Waals surface area contributed by atoms with Crippen molar-refractivity contribution in [1.29, 1.82) is 0 Å². The second kappa shape index (κ2) is 8.62. The lowest BCUT2D eigenvalue weighted by Crippen LogP contribution is -2.32. The number of alkyl carbamates (subject to hydrolysis) is 1. The molecular weight excluding hydrogens is 353 g/mol. The molecule has 7 heteroatoms. The third-order valence-electron chi connectivity index (χ3n) is 3.17. The smallest absolute Gasteiger partial charge is 0.407 e. The highest BCUT2D eigenvalue weighted by Crippen LogP contribution is 2.20. The van der Waals surface area contributed by atoms with Crippen LogP contribution in [-0.4, -0.2) is 17.9 Å². The van der Waals surface area contributed by atoms with Crippen molar-refractivity contribution in [3.63, 3.8) is 0 Å². The van der Waals surface area contributed by atoms with Gasteiger partial charge in [0, 0.05) is 29.9 Å². The number of rotatable bonds is 5. The molecule has 1 aromatic carbocycles. The molecule has 0 bridgehead atoms. The number of allylic oxidation sites excluding steroid dienone is 1. The lowest BCUT2D eigenvalue weighted by Gasteiger charge is -2.19. The summed E-state index contributed by atoms with van der Waals surface area (Å²) in [6.45, 7) is 5.47. The van der Waals surface area contributed by atoms with Gasteiger partial charge in [0.1, 0.15) is 11.4 Å². The van der Waals surface area contributed by atoms with Crippen LogP contribution in [0.1, 0.15) is 31.9 Å². The zero-order valence-electron chi connectivity index (χ0n) is 15.0. The number of nitrogens with zero attached hydrogens (tertiary/aromatic N) is 1. The number of benzene rings is 1. The van der Waals surface area contributed by atoms with E-state index in [9.17, 15) is 9.18 Å². The molecule has 0 aliphatic rings. The number of ether oxygens (including phenoxy) is 1. The summed E-state index contributed by atoms with van der Waals surface area (Å²) in [5.74, 6) is -0.424. The van der Waals surface area contributed by atoms with Crippen LogP contribution in [0, 0.1) is 5.82 Å². The van der Waals surface area contributed by atoms with Crippen molar-refractivity contribution in [2.75, 3.05) is 0 Å². The van der Waals surface area contributed by atoms with Gasteiger partial charge in [0.25, 0.3) is 0 Å². The van der Waals surface area contributed by atoms with Gasteiger partial charge in [-0.05, 0) is 61.5 Å². The van der Waals surface area contributed by atoms with E-state index >= 15 is 0 Å². The Morgan fingerprint density at radius 1 is 1.38 bits per heavy atom. The van der Waals surface area contributed by atoms with Crippen molar-refractivity contribution in [2.45, 2.75) is 32.9 Å². The van der Waals surface area contributed by atoms with Crippen molar-refractivity contribution < 1.29 is 13.9 Å². The van der Waals surface area contributed by atoms with Crippen LogP contribution in [0.5, 0.6) is 0 Å². The maximum atomic E-state index is 14.0. The van der Waals surface area contributed by atoms with E-state index in [-0.39, 0.29) is 6.54 Å². The highest BCUT2D eigenvalue weighted by atomic mass is 32.1. The standard InChI is InChI=1S/C19H22FN3O2S/c1-19(2,3)25-18(24)23-10-13-6-14(8-16(20)7-13)15(9-21)11-22-17-4-5-26-12-17/h4-9,11-12H,10,21H2,1-3H3,(H,23,24). The minimum atomic E-state index is -0.593. The van der Waals surface area contributed by atoms with Crippen LogP contribution >= 0.6 is 11.3 Å². The van der Waals surface area contributed by atoms with E-state index in [2.05, 4.69) is 10.3 Å². The fourth-order valence-corrected chi connectivity index (χ4v) is 2.67. The van der Waals surface area contributed by atoms with Crippen molar-refractivity contribution >= 4 is 34.9 Å². The number of hydrogen-bond donors (Lipinski definition) is 2. The lowest BCUT2D eigenvalue weighted by molar-refractivity contribution is 0.0523. The molecule has 1 aromatic heterocycles. The molecule has 3 N–H and O–H groups in total. The third-order valence-corrected chi connectivity index (χ3v) is 3.84. The summed E-state index contributed by atoms with van der Waals surface area (Å²) in [4.78, 5) is 16.1. The number of hydrogen-bond acceptors (Lipinski definition) is 5. The van der Waals surface area contributed by atoms with Crippen LogP contribution in [0.2, 0.25) is 0 Å². The number of carbonyl (C=O) groups excluding carboxylic acids is 1. The predicted molar refractivity (Wildman–Crippen MR) is 104 cm³/mol. The third kappa shape index (κ3) is 6.33. The first-order valence-corrected chi connectivity index (χ1v) is 8.96. The zero-order chi connectivity index (χ0) is 19.2. The first-order chi connectivity index (χ1) is 12.3. The minimum Gasteiger partial charge on any atom is -0.444 e. The van der Waals surface area contributed by atoms with Crippen LogP contribution < -0.4 is 11.1 Å². The summed E-state index contributed by atoms with van der Waals surface area (Å²) < 4.78 is 19.2. The molecule has 0 fully saturated rings. The number of thiophene rings is 1. The van der Waals surface area contributed by atoms with E-state index in [0.29, 0.717) is 16.7 Å². The maximum Gasteiger partial charge on any atom is 0.407 e. The molecule has 0 spiro atoms. The molecule has 26 heavy (non-hydrogen) atoms. The summed E-state index contributed by atoms with van der Waals surface area (Å²) in [7, 11) is 0. The number of halogens is 1. The van der Waals surface area contributed by atoms with Gasteiger partial charge in [-0.1, -0.05) is 0 Å². The first kappa shape index (κ1) is 19.7. The van der Waals surface area contributed by atoms with Gasteiger partial charge in [0.2, 0.25) is 0 Å². The van der Waals surface area contributed by atoms with E-state index in [1.807, 2.05) is 16.8 Å². The first-order valence-electron chi connectivity index (χ1n) is 8.02. The second-order valence-electron chi connectivity index (χ2n) is 6.57. The van der Waals surface area contributed by atoms with Gasteiger partial charge in [-0.2, -0.15) is 11.3 Å². The molecule has 138 valence electrons. The SMILES string of the molecule is CC(C)(C)OC(=O)NCc1cc(F)cc(C(C=Nc2ccsc2)=CN)c1. The summed E-state index contributed by atoms with van der Waals surface area (Å²) in [6, 6.07) is 6.34. The number of nitrogens with two attached hydrogens (primary N) is 1. The average Bonchev–Trinajstić information content (AvgIpc) is 3.05. The van der Waals surface area contributed by atoms with Gasteiger partial charge in [-0.3, -0.25) is 4.99 Å². The molecule has 0 aliphatic heterocycles. The number of carbonyl (C=O) groups is 1. The topological polar surface area (TPSA) is 76.7 Å². The Hall–Kier alpha value is -2.67. The van der Waals surface area contributed by atoms with Gasteiger partial charge in [0.15, 0.2) is 0 Å². The molecule has 0 saturated carbocycles. The zero-order valence-corrected chi connectivity index (χ0v) is 15.8. The van der Waals surface area contributed by atoms with E-state index in [4.69, 9.17) is 10.5 Å². The molecule has 0 radical (unpaired) electrons. The van der Waals surface area contributed by atoms with Gasteiger partial charge in [-0.25, -0.2) is 9.18 Å². The highest BCUT2D eigenvalue weighted by Gasteiger charge is 2.16. The van der Waals surface area contributed by atoms with Crippen molar-refractivity contribution in [1.82, 2.24) is 5.32 Å². The molecule has 0 unspecified atom stereocenters. The Kier molecular flexibility index (Phi) is 6.52. The molecule has 0 saturated heterocycles. The maximum absolute atomic E-state index is 14.0. The predicted octanol–water partition coefficient (Wildman–Crippen LogP) is 4.61. The number of aliphatic imine (C=N–C) groups is 1. The van der Waals surface area contributed by atoms with Gasteiger partial charge < -0.3 is 15.8 Å². The van der Waals surface area contributed by atoms with Crippen molar-refractivity contribution in [3.8, 4) is 0 Å². The largest absolute Gasteiger partial charge is 0.444 e. The van der Waals surface area contributed by atoms with Crippen molar-refractivity contribution in [3.05, 3.63) is 58.2 Å². The quantitative estimate of drug-likeness (QED) is 0.749. The molecule has 2 aromatic rings. The molecule has 1 heterocycles. The Morgan fingerprint density at radius 3 is 2.77 bits per heavy atom. The Balaban J connectivity index is 2.11. The Bertz CT molecular complexity index is 809. The molecule has 5 nitrogen and oxygen atoms in total. The van der Waals surface area contributed by atoms with Crippen LogP contribution in [-0.2, 0) is 11.3 Å². The van der Waals surface area contributed by atoms with E-state index in [0.717, 1.165) is 5.69 Å². The van der Waals surface area contributed by atoms with Crippen LogP contribution in [0.25, 0.3) is 5.57 Å². The highest BCUT2D eigenvalue weighted by molar-refractivity contribution is 7.08. The average molecular weight is 375 g/mol. The normalized spacial score (nSPS) is 12.4. The van der Waals surface area contributed by atoms with E-state index in [1.54, 1.807) is 33.1 Å². The van der Waals surface area contributed by atoms with Crippen LogP contribution in [0.15, 0.2) is 46.2 Å². The monoisotopic (exact) mass is 375 g/mol. The number of nitrogens with one attached hydrogen (secondary N) is 1. The fourth-order valence-electron chi connectivity index (χ4n) is 2.10. The van der Waals surface area contributed by atoms with Crippen LogP contribution in [0.4, 0.5) is 14.9 Å². The van der Waals surface area contributed by atoms with Crippen molar-refractivity contribution in [2.24, 2.45) is 10.7 Å². The summed E-state index contributed by atoms with van der Waals surface area (Å²) >= 11 is 1.54. The fraction of sp³-hybridized carbons (Fsp3) is 0.263. The molecule has 0 aliphatic carbocycles.